The normalized spacial score (nSPS) is 11.7. The van der Waals surface area contributed by atoms with Crippen molar-refractivity contribution in [3.05, 3.63) is 36.4 Å². The van der Waals surface area contributed by atoms with Crippen LogP contribution in [-0.2, 0) is 0 Å². The fourth-order valence-electron chi connectivity index (χ4n) is 19.2. The number of anilines is 3. The monoisotopic (exact) mass is 1220 g/mol. The molecular formula is C62H76B35N. The van der Waals surface area contributed by atoms with E-state index in [1.54, 1.807) is 0 Å². The summed E-state index contributed by atoms with van der Waals surface area (Å²) in [7, 11) is 82.9. The first-order valence-electron chi connectivity index (χ1n) is 36.4. The Morgan fingerprint density at radius 1 is 0.163 bits per heavy atom. The van der Waals surface area contributed by atoms with Crippen molar-refractivity contribution in [1.29, 1.82) is 0 Å². The summed E-state index contributed by atoms with van der Waals surface area (Å²) in [6.07, 6.45) is 0. The molecule has 12 rings (SSSR count). The lowest BCUT2D eigenvalue weighted by molar-refractivity contribution is 1.33. The van der Waals surface area contributed by atoms with Gasteiger partial charge in [0, 0.05) is 17.1 Å². The first kappa shape index (κ1) is 71.8. The van der Waals surface area contributed by atoms with E-state index in [1.807, 2.05) is 0 Å². The van der Waals surface area contributed by atoms with Gasteiger partial charge in [-0.3, -0.25) is 0 Å². The lowest BCUT2D eigenvalue weighted by Crippen LogP contribution is -2.52. The fourth-order valence-corrected chi connectivity index (χ4v) is 19.2. The van der Waals surface area contributed by atoms with Crippen LogP contribution >= 0.6 is 0 Å². The molecule has 0 spiro atoms. The average molecular weight is 1210 g/mol. The van der Waals surface area contributed by atoms with Crippen molar-refractivity contribution in [2.75, 3.05) is 4.90 Å². The van der Waals surface area contributed by atoms with Crippen LogP contribution in [0.5, 0.6) is 0 Å². The molecule has 0 bridgehead atoms. The van der Waals surface area contributed by atoms with Crippen molar-refractivity contribution in [2.24, 2.45) is 0 Å². The zero-order chi connectivity index (χ0) is 72.2. The largest absolute Gasteiger partial charge is 0.312 e. The molecule has 1 nitrogen and oxygen atoms in total. The van der Waals surface area contributed by atoms with Gasteiger partial charge in [-0.1, -0.05) is 155 Å². The van der Waals surface area contributed by atoms with Crippen LogP contribution < -0.4 is 196 Å². The molecule has 0 aliphatic carbocycles. The van der Waals surface area contributed by atoms with Crippen LogP contribution in [0.25, 0.3) is 98.4 Å². The highest BCUT2D eigenvalue weighted by Gasteiger charge is 2.31. The van der Waals surface area contributed by atoms with E-state index in [0.29, 0.717) is 0 Å². The molecule has 0 heterocycles. The smallest absolute Gasteiger partial charge is 0.142 e. The molecule has 434 valence electrons. The van der Waals surface area contributed by atoms with Gasteiger partial charge >= 0.3 is 0 Å². The number of hydrogen-bond acceptors (Lipinski definition) is 1. The molecule has 0 fully saturated rings. The van der Waals surface area contributed by atoms with Crippen LogP contribution in [0.1, 0.15) is 0 Å². The number of nitrogens with zero attached hydrogens (tertiary/aromatic N) is 1. The quantitative estimate of drug-likeness (QED) is 0.114. The summed E-state index contributed by atoms with van der Waals surface area (Å²) in [4.78, 5) is 2.69. The van der Waals surface area contributed by atoms with Crippen LogP contribution in [0.3, 0.4) is 0 Å². The zero-order valence-electron chi connectivity index (χ0n) is 66.9. The van der Waals surface area contributed by atoms with E-state index in [9.17, 15) is 0 Å². The van der Waals surface area contributed by atoms with Gasteiger partial charge in [0.05, 0.1) is 0 Å². The second kappa shape index (κ2) is 25.2. The minimum absolute atomic E-state index is 1.18. The topological polar surface area (TPSA) is 3.24 Å². The Kier molecular flexibility index (Phi) is 18.5. The Labute approximate surface area is 617 Å². The molecule has 0 saturated heterocycles. The molecule has 0 aliphatic rings. The van der Waals surface area contributed by atoms with Crippen LogP contribution in [0.2, 0.25) is 0 Å². The van der Waals surface area contributed by atoms with Crippen LogP contribution in [0.4, 0.5) is 17.1 Å². The van der Waals surface area contributed by atoms with Crippen molar-refractivity contribution in [3.63, 3.8) is 0 Å². The SMILES string of the molecule is Bc1cc2c(-c3c(B)cc(N(c4cc(B)c(-c5c(B)cc(-c6c(B)c(B)c(B)c7c(B)c(B)c(B)c(B)c67)c(B)c5B)c(B)c4B)c4c(B)cc(-c5c(B)c6c(B)c(B)c(B)c(B)c6c6c(B)c(B)c(B)c(B)c56)c(B)c4B)cc3B)c(B)c3c(B)c(B)c(B)c(B)c3c2c(B)c1B. The molecule has 0 unspecified atom stereocenters. The summed E-state index contributed by atoms with van der Waals surface area (Å²) in [6, 6.07) is 15.3. The third-order valence-electron chi connectivity index (χ3n) is 27.1. The molecule has 98 heavy (non-hydrogen) atoms. The minimum atomic E-state index is 1.18. The maximum Gasteiger partial charge on any atom is 0.142 e. The van der Waals surface area contributed by atoms with Gasteiger partial charge in [0.25, 0.3) is 0 Å². The van der Waals surface area contributed by atoms with Crippen molar-refractivity contribution in [3.8, 4) is 44.5 Å². The first-order valence-corrected chi connectivity index (χ1v) is 36.4. The Bertz CT molecular complexity index is 5740. The molecule has 0 aliphatic heterocycles. The predicted octanol–water partition coefficient (Wildman–Crippen LogP) is -43.4. The van der Waals surface area contributed by atoms with Crippen molar-refractivity contribution in [1.82, 2.24) is 0 Å². The molecule has 0 saturated carbocycles. The maximum atomic E-state index is 2.69. The van der Waals surface area contributed by atoms with Gasteiger partial charge in [-0.2, -0.15) is 0 Å². The molecule has 0 atom stereocenters. The fraction of sp³-hybridized carbons (Fsp3) is 0. The third-order valence-corrected chi connectivity index (χ3v) is 27.1. The number of fused-ring (bicyclic) bond motifs is 7. The van der Waals surface area contributed by atoms with E-state index in [0.717, 1.165) is 0 Å². The van der Waals surface area contributed by atoms with E-state index < -0.39 is 0 Å². The van der Waals surface area contributed by atoms with Crippen LogP contribution in [0, 0.1) is 0 Å². The van der Waals surface area contributed by atoms with E-state index >= 15 is 0 Å². The Morgan fingerprint density at radius 3 is 0.918 bits per heavy atom. The summed E-state index contributed by atoms with van der Waals surface area (Å²) in [6.45, 7) is 0. The van der Waals surface area contributed by atoms with Gasteiger partial charge in [-0.05, 0) is 117 Å². The molecule has 0 aromatic heterocycles. The van der Waals surface area contributed by atoms with Crippen molar-refractivity contribution in [2.45, 2.75) is 0 Å². The summed E-state index contributed by atoms with van der Waals surface area (Å²) in [5, 5.41) is 14.1. The lowest BCUT2D eigenvalue weighted by Gasteiger charge is -2.35. The van der Waals surface area contributed by atoms with Gasteiger partial charge in [-0.15, -0.1) is 54.6 Å². The molecule has 0 amide bonds. The highest BCUT2D eigenvalue weighted by molar-refractivity contribution is 6.78. The Morgan fingerprint density at radius 2 is 0.459 bits per heavy atom. The van der Waals surface area contributed by atoms with Gasteiger partial charge in [0.1, 0.15) is 275 Å². The highest BCUT2D eigenvalue weighted by Crippen LogP contribution is 2.36. The van der Waals surface area contributed by atoms with Crippen LogP contribution in [0.15, 0.2) is 36.4 Å². The molecule has 0 radical (unpaired) electrons. The first-order chi connectivity index (χ1) is 45.8. The van der Waals surface area contributed by atoms with Crippen LogP contribution in [-0.4, -0.2) is 275 Å². The summed E-state index contributed by atoms with van der Waals surface area (Å²) in [5.74, 6) is 0. The standard InChI is InChI=1S/C62H76B35N/c63-11-1-7(2-12(64)22(11)18-8-3-15(67)35(71)39(75)19(8)26-30(37(18)73)48(84)58(94)54(90)44(26)80)98(62-16(68)5-10(34(70)61(62)97)20-25-28(46(82)56(92)53(89)43(25)79)29-31(38(20)74)49(85)59(95)57(93)47(29)83)17-6-14(66)24(42(78)36(17)72)23-13(65)4-9(33(69)41(23)77)21-27-32(50(86)52(88)40(21)76)51(87)60(96)55(91)45(27)81/h1-6H,63-97H2. The predicted molar refractivity (Wildman–Crippen MR) is 557 cm³/mol. The minimum Gasteiger partial charge on any atom is -0.312 e. The average Bonchev–Trinajstić information content (AvgIpc) is 0.716. The van der Waals surface area contributed by atoms with E-state index in [2.05, 4.69) is 316 Å². The summed E-state index contributed by atoms with van der Waals surface area (Å²) >= 11 is 0. The van der Waals surface area contributed by atoms with Gasteiger partial charge in [0.2, 0.25) is 0 Å². The Hall–Kier alpha value is -5.99. The Balaban J connectivity index is 1.16. The molecular weight excluding hydrogens is 1140 g/mol. The highest BCUT2D eigenvalue weighted by atomic mass is 15.1. The second-order valence-electron chi connectivity index (χ2n) is 31.4. The number of hydrogen-bond donors (Lipinski definition) is 0. The van der Waals surface area contributed by atoms with Gasteiger partial charge < -0.3 is 4.90 Å². The number of benzene rings is 12. The summed E-state index contributed by atoms with van der Waals surface area (Å²) < 4.78 is 0. The van der Waals surface area contributed by atoms with Crippen molar-refractivity contribution < 1.29 is 0 Å². The molecule has 12 aromatic carbocycles. The van der Waals surface area contributed by atoms with E-state index in [4.69, 9.17) is 0 Å². The van der Waals surface area contributed by atoms with E-state index in [-0.39, 0.29) is 0 Å². The van der Waals surface area contributed by atoms with E-state index in [1.165, 1.54) is 307 Å². The lowest BCUT2D eigenvalue weighted by atomic mass is 9.57. The summed E-state index contributed by atoms with van der Waals surface area (Å²) in [5.41, 5.74) is 62.3. The van der Waals surface area contributed by atoms with Gasteiger partial charge in [0.15, 0.2) is 0 Å². The maximum absolute atomic E-state index is 2.69. The van der Waals surface area contributed by atoms with Crippen molar-refractivity contribution >= 4 is 537 Å². The molecule has 0 N–H and O–H groups in total. The molecule has 12 aromatic rings. The second-order valence-corrected chi connectivity index (χ2v) is 31.4. The van der Waals surface area contributed by atoms with Gasteiger partial charge in [-0.25, -0.2) is 0 Å². The number of rotatable bonds is 7. The molecule has 36 heteroatoms. The third kappa shape index (κ3) is 10.1. The zero-order valence-corrected chi connectivity index (χ0v) is 66.9.